The lowest BCUT2D eigenvalue weighted by atomic mass is 10.2. The van der Waals surface area contributed by atoms with Crippen molar-refractivity contribution < 1.29 is 4.74 Å². The van der Waals surface area contributed by atoms with E-state index in [1.165, 1.54) is 0 Å². The largest absolute Gasteiger partial charge is 0.494 e. The molecule has 0 atom stereocenters. The van der Waals surface area contributed by atoms with Crippen LogP contribution in [0.3, 0.4) is 0 Å². The fourth-order valence-electron chi connectivity index (χ4n) is 2.01. The molecule has 0 aliphatic rings. The van der Waals surface area contributed by atoms with Crippen LogP contribution in [0.4, 0.5) is 0 Å². The van der Waals surface area contributed by atoms with Gasteiger partial charge in [-0.3, -0.25) is 4.40 Å². The highest BCUT2D eigenvalue weighted by atomic mass is 35.5. The molecular weight excluding hydrogens is 248 g/mol. The molecule has 0 radical (unpaired) electrons. The lowest BCUT2D eigenvalue weighted by molar-refractivity contribution is 0.418. The van der Waals surface area contributed by atoms with Crippen molar-refractivity contribution >= 4 is 17.1 Å². The van der Waals surface area contributed by atoms with Gasteiger partial charge in [0.25, 0.3) is 0 Å². The van der Waals surface area contributed by atoms with E-state index in [0.29, 0.717) is 5.02 Å². The lowest BCUT2D eigenvalue weighted by Crippen LogP contribution is -1.91. The first kappa shape index (κ1) is 11.1. The van der Waals surface area contributed by atoms with E-state index in [2.05, 4.69) is 4.98 Å². The molecule has 3 nitrogen and oxygen atoms in total. The highest BCUT2D eigenvalue weighted by molar-refractivity contribution is 6.30. The van der Waals surface area contributed by atoms with Gasteiger partial charge in [0.2, 0.25) is 0 Å². The standard InChI is InChI=1S/C14H11ClN2O/c1-18-13-6-3-7-17-12(13)9-16-14(17)10-4-2-5-11(15)8-10/h2-9H,1H3. The average molecular weight is 259 g/mol. The van der Waals surface area contributed by atoms with E-state index in [9.17, 15) is 0 Å². The zero-order chi connectivity index (χ0) is 12.5. The molecule has 1 aromatic carbocycles. The number of ether oxygens (including phenoxy) is 1. The number of aromatic nitrogens is 2. The number of methoxy groups -OCH3 is 1. The maximum Gasteiger partial charge on any atom is 0.144 e. The van der Waals surface area contributed by atoms with E-state index in [1.54, 1.807) is 13.3 Å². The highest BCUT2D eigenvalue weighted by Gasteiger charge is 2.09. The molecule has 0 spiro atoms. The predicted molar refractivity (Wildman–Crippen MR) is 72.2 cm³/mol. The molecule has 0 saturated carbocycles. The molecule has 3 aromatic rings. The van der Waals surface area contributed by atoms with Gasteiger partial charge in [-0.1, -0.05) is 23.7 Å². The second-order valence-electron chi connectivity index (χ2n) is 3.92. The van der Waals surface area contributed by atoms with Crippen LogP contribution in [0, 0.1) is 0 Å². The summed E-state index contributed by atoms with van der Waals surface area (Å²) in [5.74, 6) is 1.66. The molecule has 0 aliphatic carbocycles. The number of rotatable bonds is 2. The summed E-state index contributed by atoms with van der Waals surface area (Å²) < 4.78 is 7.30. The van der Waals surface area contributed by atoms with Crippen molar-refractivity contribution in [3.05, 3.63) is 53.8 Å². The van der Waals surface area contributed by atoms with E-state index in [4.69, 9.17) is 16.3 Å². The lowest BCUT2D eigenvalue weighted by Gasteiger charge is -2.04. The SMILES string of the molecule is COc1cccn2c(-c3cccc(Cl)c3)ncc12. The minimum atomic E-state index is 0.701. The quantitative estimate of drug-likeness (QED) is 0.701. The van der Waals surface area contributed by atoms with Crippen LogP contribution in [-0.4, -0.2) is 16.5 Å². The third-order valence-corrected chi connectivity index (χ3v) is 3.07. The number of hydrogen-bond donors (Lipinski definition) is 0. The van der Waals surface area contributed by atoms with E-state index in [-0.39, 0.29) is 0 Å². The summed E-state index contributed by atoms with van der Waals surface area (Å²) >= 11 is 6.01. The zero-order valence-corrected chi connectivity index (χ0v) is 10.6. The molecule has 0 aliphatic heterocycles. The topological polar surface area (TPSA) is 26.5 Å². The van der Waals surface area contributed by atoms with Crippen molar-refractivity contribution in [2.75, 3.05) is 7.11 Å². The van der Waals surface area contributed by atoms with Crippen LogP contribution in [0.2, 0.25) is 5.02 Å². The first-order valence-electron chi connectivity index (χ1n) is 5.55. The highest BCUT2D eigenvalue weighted by Crippen LogP contribution is 2.26. The summed E-state index contributed by atoms with van der Waals surface area (Å²) in [6.07, 6.45) is 3.76. The summed E-state index contributed by atoms with van der Waals surface area (Å²) in [5.41, 5.74) is 1.92. The molecule has 0 fully saturated rings. The normalized spacial score (nSPS) is 10.8. The van der Waals surface area contributed by atoms with Crippen LogP contribution in [0.15, 0.2) is 48.8 Å². The van der Waals surface area contributed by atoms with Gasteiger partial charge in [0.15, 0.2) is 0 Å². The first-order chi connectivity index (χ1) is 8.79. The third-order valence-electron chi connectivity index (χ3n) is 2.83. The Morgan fingerprint density at radius 2 is 2.11 bits per heavy atom. The molecule has 18 heavy (non-hydrogen) atoms. The zero-order valence-electron chi connectivity index (χ0n) is 9.80. The van der Waals surface area contributed by atoms with Crippen molar-refractivity contribution in [2.24, 2.45) is 0 Å². The van der Waals surface area contributed by atoms with Gasteiger partial charge in [-0.05, 0) is 24.3 Å². The number of fused-ring (bicyclic) bond motifs is 1. The van der Waals surface area contributed by atoms with Crippen LogP contribution in [0.25, 0.3) is 16.9 Å². The van der Waals surface area contributed by atoms with Crippen molar-refractivity contribution in [3.63, 3.8) is 0 Å². The van der Waals surface area contributed by atoms with Gasteiger partial charge in [-0.25, -0.2) is 4.98 Å². The van der Waals surface area contributed by atoms with Gasteiger partial charge < -0.3 is 4.74 Å². The molecule has 2 aromatic heterocycles. The average Bonchev–Trinajstić information content (AvgIpc) is 2.82. The number of imidazole rings is 1. The molecule has 2 heterocycles. The Labute approximate surface area is 110 Å². The number of pyridine rings is 1. The molecule has 0 bridgehead atoms. The van der Waals surface area contributed by atoms with E-state index in [0.717, 1.165) is 22.7 Å². The third kappa shape index (κ3) is 1.73. The van der Waals surface area contributed by atoms with E-state index >= 15 is 0 Å². The maximum atomic E-state index is 6.01. The number of halogens is 1. The molecule has 0 saturated heterocycles. The van der Waals surface area contributed by atoms with Crippen LogP contribution in [0.1, 0.15) is 0 Å². The Morgan fingerprint density at radius 1 is 1.22 bits per heavy atom. The Hall–Kier alpha value is -2.00. The minimum absolute atomic E-state index is 0.701. The second kappa shape index (κ2) is 4.35. The van der Waals surface area contributed by atoms with Gasteiger partial charge >= 0.3 is 0 Å². The molecule has 90 valence electrons. The Bertz CT molecular complexity index is 706. The molecule has 0 amide bonds. The van der Waals surface area contributed by atoms with Gasteiger partial charge in [0.1, 0.15) is 17.1 Å². The summed E-state index contributed by atoms with van der Waals surface area (Å²) in [5, 5.41) is 0.701. The molecular formula is C14H11ClN2O. The maximum absolute atomic E-state index is 6.01. The van der Waals surface area contributed by atoms with Gasteiger partial charge in [0.05, 0.1) is 13.3 Å². The van der Waals surface area contributed by atoms with Crippen LogP contribution in [0.5, 0.6) is 5.75 Å². The monoisotopic (exact) mass is 258 g/mol. The molecule has 3 rings (SSSR count). The van der Waals surface area contributed by atoms with Gasteiger partial charge in [-0.15, -0.1) is 0 Å². The minimum Gasteiger partial charge on any atom is -0.494 e. The number of hydrogen-bond acceptors (Lipinski definition) is 2. The van der Waals surface area contributed by atoms with Crippen LogP contribution >= 0.6 is 11.6 Å². The predicted octanol–water partition coefficient (Wildman–Crippen LogP) is 3.66. The van der Waals surface area contributed by atoms with Gasteiger partial charge in [-0.2, -0.15) is 0 Å². The van der Waals surface area contributed by atoms with Gasteiger partial charge in [0, 0.05) is 16.8 Å². The summed E-state index contributed by atoms with van der Waals surface area (Å²) in [4.78, 5) is 4.44. The summed E-state index contributed by atoms with van der Waals surface area (Å²) in [6.45, 7) is 0. The van der Waals surface area contributed by atoms with Crippen LogP contribution < -0.4 is 4.74 Å². The van der Waals surface area contributed by atoms with E-state index < -0.39 is 0 Å². The smallest absolute Gasteiger partial charge is 0.144 e. The first-order valence-corrected chi connectivity index (χ1v) is 5.93. The number of nitrogens with zero attached hydrogens (tertiary/aromatic N) is 2. The van der Waals surface area contributed by atoms with Crippen molar-refractivity contribution in [1.82, 2.24) is 9.38 Å². The fraction of sp³-hybridized carbons (Fsp3) is 0.0714. The Morgan fingerprint density at radius 3 is 2.89 bits per heavy atom. The van der Waals surface area contributed by atoms with Crippen molar-refractivity contribution in [2.45, 2.75) is 0 Å². The molecule has 4 heteroatoms. The second-order valence-corrected chi connectivity index (χ2v) is 4.36. The summed E-state index contributed by atoms with van der Waals surface area (Å²) in [6, 6.07) is 11.5. The molecule has 0 unspecified atom stereocenters. The fourth-order valence-corrected chi connectivity index (χ4v) is 2.20. The van der Waals surface area contributed by atoms with Crippen molar-refractivity contribution in [1.29, 1.82) is 0 Å². The van der Waals surface area contributed by atoms with Crippen LogP contribution in [-0.2, 0) is 0 Å². The summed E-state index contributed by atoms with van der Waals surface area (Å²) in [7, 11) is 1.65. The Kier molecular flexibility index (Phi) is 2.68. The van der Waals surface area contributed by atoms with E-state index in [1.807, 2.05) is 47.0 Å². The molecule has 0 N–H and O–H groups in total. The van der Waals surface area contributed by atoms with Crippen molar-refractivity contribution in [3.8, 4) is 17.1 Å². The number of benzene rings is 1. The Balaban J connectivity index is 2.25.